The molecule has 3 unspecified atom stereocenters. The zero-order valence-electron chi connectivity index (χ0n) is 18.6. The second-order valence-corrected chi connectivity index (χ2v) is 9.29. The number of fused-ring (bicyclic) bond motifs is 1. The van der Waals surface area contributed by atoms with Crippen molar-refractivity contribution >= 4 is 5.57 Å². The van der Waals surface area contributed by atoms with Crippen molar-refractivity contribution in [2.75, 3.05) is 0 Å². The van der Waals surface area contributed by atoms with Crippen LogP contribution in [-0.4, -0.2) is 0 Å². The van der Waals surface area contributed by atoms with Crippen molar-refractivity contribution in [3.8, 4) is 0 Å². The van der Waals surface area contributed by atoms with E-state index in [1.54, 1.807) is 11.1 Å². The zero-order chi connectivity index (χ0) is 21.2. The number of rotatable bonds is 6. The largest absolute Gasteiger partial charge is 0.0992 e. The van der Waals surface area contributed by atoms with Crippen LogP contribution in [0, 0.1) is 5.92 Å². The fourth-order valence-corrected chi connectivity index (χ4v) is 5.67. The Bertz CT molecular complexity index is 1080. The van der Waals surface area contributed by atoms with Crippen LogP contribution >= 0.6 is 0 Å². The predicted molar refractivity (Wildman–Crippen MR) is 132 cm³/mol. The minimum atomic E-state index is 0.412. The van der Waals surface area contributed by atoms with E-state index in [-0.39, 0.29) is 0 Å². The first-order valence-electron chi connectivity index (χ1n) is 11.8. The molecule has 3 aromatic carbocycles. The topological polar surface area (TPSA) is 0 Å². The third-order valence-electron chi connectivity index (χ3n) is 7.45. The summed E-state index contributed by atoms with van der Waals surface area (Å²) >= 11 is 0. The lowest BCUT2D eigenvalue weighted by Gasteiger charge is -2.24. The van der Waals surface area contributed by atoms with Gasteiger partial charge >= 0.3 is 0 Å². The first-order chi connectivity index (χ1) is 15.2. The van der Waals surface area contributed by atoms with Gasteiger partial charge in [0, 0.05) is 5.92 Å². The molecule has 0 heterocycles. The van der Waals surface area contributed by atoms with Gasteiger partial charge in [-0.3, -0.25) is 0 Å². The quantitative estimate of drug-likeness (QED) is 0.364. The van der Waals surface area contributed by atoms with Gasteiger partial charge in [0.25, 0.3) is 0 Å². The van der Waals surface area contributed by atoms with E-state index < -0.39 is 0 Å². The molecule has 0 nitrogen and oxygen atoms in total. The maximum Gasteiger partial charge on any atom is 0.00523 e. The van der Waals surface area contributed by atoms with Crippen LogP contribution in [0.25, 0.3) is 5.57 Å². The molecule has 0 fully saturated rings. The van der Waals surface area contributed by atoms with Crippen molar-refractivity contribution in [1.29, 1.82) is 0 Å². The van der Waals surface area contributed by atoms with Gasteiger partial charge in [0.2, 0.25) is 0 Å². The van der Waals surface area contributed by atoms with E-state index in [0.29, 0.717) is 17.8 Å². The first-order valence-corrected chi connectivity index (χ1v) is 11.8. The Balaban J connectivity index is 1.43. The molecule has 0 spiro atoms. The number of hydrogen-bond donors (Lipinski definition) is 0. The molecule has 0 aliphatic heterocycles. The third-order valence-corrected chi connectivity index (χ3v) is 7.45. The third kappa shape index (κ3) is 4.04. The summed E-state index contributed by atoms with van der Waals surface area (Å²) in [4.78, 5) is 0. The van der Waals surface area contributed by atoms with Gasteiger partial charge < -0.3 is 0 Å². The molecule has 5 rings (SSSR count). The molecule has 3 aromatic rings. The fraction of sp³-hybridized carbons (Fsp3) is 0.290. The summed E-state index contributed by atoms with van der Waals surface area (Å²) in [7, 11) is 0. The normalized spacial score (nSPS) is 22.2. The molecule has 0 saturated heterocycles. The van der Waals surface area contributed by atoms with Gasteiger partial charge in [-0.15, -0.1) is 0 Å². The number of hydrogen-bond acceptors (Lipinski definition) is 0. The van der Waals surface area contributed by atoms with Crippen LogP contribution in [0.15, 0.2) is 97.1 Å². The standard InChI is InChI=1S/C31H32/c1-3-23-13-15-26(16-14-23)31-21-28(24-9-5-4-6-10-24)20-30(31)22(2)19-27-18-17-25-11-7-8-12-29(25)27/h4-16,20,27,30-31H,2-3,17-19,21H2,1H3. The van der Waals surface area contributed by atoms with E-state index >= 15 is 0 Å². The van der Waals surface area contributed by atoms with E-state index in [2.05, 4.69) is 98.4 Å². The molecule has 2 aliphatic rings. The maximum atomic E-state index is 4.67. The first kappa shape index (κ1) is 20.1. The molecule has 156 valence electrons. The molecule has 0 saturated carbocycles. The molecule has 0 aromatic heterocycles. The van der Waals surface area contributed by atoms with Gasteiger partial charge in [0.15, 0.2) is 0 Å². The van der Waals surface area contributed by atoms with Crippen molar-refractivity contribution in [3.05, 3.63) is 125 Å². The van der Waals surface area contributed by atoms with Crippen molar-refractivity contribution in [2.45, 2.75) is 50.9 Å². The maximum absolute atomic E-state index is 4.67. The van der Waals surface area contributed by atoms with E-state index in [0.717, 1.165) is 19.3 Å². The monoisotopic (exact) mass is 404 g/mol. The van der Waals surface area contributed by atoms with Gasteiger partial charge in [-0.25, -0.2) is 0 Å². The van der Waals surface area contributed by atoms with Gasteiger partial charge in [-0.05, 0) is 77.3 Å². The van der Waals surface area contributed by atoms with E-state index in [1.165, 1.54) is 40.7 Å². The highest BCUT2D eigenvalue weighted by Crippen LogP contribution is 2.48. The lowest BCUT2D eigenvalue weighted by Crippen LogP contribution is -2.11. The minimum Gasteiger partial charge on any atom is -0.0992 e. The van der Waals surface area contributed by atoms with Crippen LogP contribution in [0.1, 0.15) is 65.8 Å². The predicted octanol–water partition coefficient (Wildman–Crippen LogP) is 8.11. The Morgan fingerprint density at radius 1 is 0.903 bits per heavy atom. The van der Waals surface area contributed by atoms with Gasteiger partial charge in [-0.2, -0.15) is 0 Å². The highest BCUT2D eigenvalue weighted by molar-refractivity contribution is 5.70. The summed E-state index contributed by atoms with van der Waals surface area (Å²) in [5, 5.41) is 0. The molecular weight excluding hydrogens is 372 g/mol. The second-order valence-electron chi connectivity index (χ2n) is 9.29. The highest BCUT2D eigenvalue weighted by atomic mass is 14.4. The fourth-order valence-electron chi connectivity index (χ4n) is 5.67. The summed E-state index contributed by atoms with van der Waals surface area (Å²) in [6.45, 7) is 6.89. The van der Waals surface area contributed by atoms with E-state index in [9.17, 15) is 0 Å². The lowest BCUT2D eigenvalue weighted by molar-refractivity contribution is 0.559. The average molecular weight is 405 g/mol. The average Bonchev–Trinajstić information content (AvgIpc) is 3.45. The zero-order valence-corrected chi connectivity index (χ0v) is 18.6. The van der Waals surface area contributed by atoms with Crippen LogP contribution in [-0.2, 0) is 12.8 Å². The number of allylic oxidation sites excluding steroid dienone is 3. The molecule has 31 heavy (non-hydrogen) atoms. The Morgan fingerprint density at radius 2 is 1.65 bits per heavy atom. The van der Waals surface area contributed by atoms with Crippen molar-refractivity contribution < 1.29 is 0 Å². The summed E-state index contributed by atoms with van der Waals surface area (Å²) in [6.07, 6.45) is 8.29. The van der Waals surface area contributed by atoms with Gasteiger partial charge in [0.1, 0.15) is 0 Å². The molecule has 0 amide bonds. The smallest absolute Gasteiger partial charge is 0.00523 e. The van der Waals surface area contributed by atoms with Crippen molar-refractivity contribution in [1.82, 2.24) is 0 Å². The van der Waals surface area contributed by atoms with Gasteiger partial charge in [0.05, 0.1) is 0 Å². The molecule has 0 bridgehead atoms. The number of benzene rings is 3. The van der Waals surface area contributed by atoms with Crippen LogP contribution < -0.4 is 0 Å². The Kier molecular flexibility index (Phi) is 5.64. The molecule has 0 radical (unpaired) electrons. The highest BCUT2D eigenvalue weighted by Gasteiger charge is 2.33. The van der Waals surface area contributed by atoms with E-state index in [1.807, 2.05) is 0 Å². The summed E-state index contributed by atoms with van der Waals surface area (Å²) in [5.74, 6) is 1.53. The minimum absolute atomic E-state index is 0.412. The molecule has 2 aliphatic carbocycles. The lowest BCUT2D eigenvalue weighted by atomic mass is 9.79. The van der Waals surface area contributed by atoms with Gasteiger partial charge in [-0.1, -0.05) is 104 Å². The summed E-state index contributed by atoms with van der Waals surface area (Å²) < 4.78 is 0. The Hall–Kier alpha value is -2.86. The molecular formula is C31H32. The van der Waals surface area contributed by atoms with Crippen LogP contribution in [0.5, 0.6) is 0 Å². The van der Waals surface area contributed by atoms with Crippen molar-refractivity contribution in [3.63, 3.8) is 0 Å². The number of aryl methyl sites for hydroxylation is 2. The van der Waals surface area contributed by atoms with Crippen LogP contribution in [0.3, 0.4) is 0 Å². The molecule has 0 heteroatoms. The van der Waals surface area contributed by atoms with Crippen molar-refractivity contribution in [2.24, 2.45) is 5.92 Å². The van der Waals surface area contributed by atoms with Crippen LogP contribution in [0.4, 0.5) is 0 Å². The molecule has 0 N–H and O–H groups in total. The Morgan fingerprint density at radius 3 is 2.42 bits per heavy atom. The second kappa shape index (κ2) is 8.71. The summed E-state index contributed by atoms with van der Waals surface area (Å²) in [6, 6.07) is 29.3. The summed E-state index contributed by atoms with van der Waals surface area (Å²) in [5.41, 5.74) is 10.2. The SMILES string of the molecule is C=C(CC1CCc2ccccc21)C1C=C(c2ccccc2)CC1c1ccc(CC)cc1. The van der Waals surface area contributed by atoms with Crippen LogP contribution in [0.2, 0.25) is 0 Å². The molecule has 3 atom stereocenters. The van der Waals surface area contributed by atoms with E-state index in [4.69, 9.17) is 0 Å². The Labute approximate surface area is 187 Å².